The third kappa shape index (κ3) is 7.56. The van der Waals surface area contributed by atoms with E-state index in [1.54, 1.807) is 0 Å². The summed E-state index contributed by atoms with van der Waals surface area (Å²) in [7, 11) is 0. The second-order valence-corrected chi connectivity index (χ2v) is 13.2. The summed E-state index contributed by atoms with van der Waals surface area (Å²) in [4.78, 5) is 43.7. The zero-order valence-electron chi connectivity index (χ0n) is 26.2. The number of carboxylic acid groups (broad SMARTS) is 2. The van der Waals surface area contributed by atoms with Crippen LogP contribution in [-0.2, 0) is 11.2 Å². The van der Waals surface area contributed by atoms with Crippen molar-refractivity contribution in [3.8, 4) is 11.5 Å². The Morgan fingerprint density at radius 3 is 2.04 bits per heavy atom. The molecule has 47 heavy (non-hydrogen) atoms. The zero-order chi connectivity index (χ0) is 33.1. The largest absolute Gasteiger partial charge is 0.490 e. The van der Waals surface area contributed by atoms with Gasteiger partial charge in [0.15, 0.2) is 0 Å². The van der Waals surface area contributed by atoms with Crippen molar-refractivity contribution in [1.29, 1.82) is 0 Å². The summed E-state index contributed by atoms with van der Waals surface area (Å²) in [5.41, 5.74) is 4.20. The summed E-state index contributed by atoms with van der Waals surface area (Å²) in [6, 6.07) is 21.8. The van der Waals surface area contributed by atoms with Gasteiger partial charge in [0.1, 0.15) is 24.7 Å². The van der Waals surface area contributed by atoms with Gasteiger partial charge in [-0.25, -0.2) is 9.59 Å². The van der Waals surface area contributed by atoms with E-state index in [1.165, 1.54) is 9.80 Å². The van der Waals surface area contributed by atoms with Crippen molar-refractivity contribution in [2.75, 3.05) is 32.8 Å². The van der Waals surface area contributed by atoms with Gasteiger partial charge >= 0.3 is 12.2 Å². The summed E-state index contributed by atoms with van der Waals surface area (Å²) in [5, 5.41) is 20.1. The second-order valence-electron chi connectivity index (χ2n) is 12.3. The molecule has 3 aromatic carbocycles. The maximum Gasteiger partial charge on any atom is 0.408 e. The Balaban J connectivity index is 1.26. The van der Waals surface area contributed by atoms with E-state index in [0.717, 1.165) is 45.3 Å². The SMILES string of the molecule is Cc1ccc(CCN(C(=O)C2=C(c3ccc(OCCOc4ccc(Br)cc4)cc3)C[C@@H]3CN(C(=O)O)C[C@H]2N3C(=O)O)C2CC2)cc1. The van der Waals surface area contributed by atoms with E-state index in [2.05, 4.69) is 40.2 Å². The maximum atomic E-state index is 14.6. The van der Waals surface area contributed by atoms with Gasteiger partial charge in [-0.2, -0.15) is 0 Å². The lowest BCUT2D eigenvalue weighted by atomic mass is 9.81. The number of carbonyl (C=O) groups is 3. The summed E-state index contributed by atoms with van der Waals surface area (Å²) >= 11 is 3.41. The van der Waals surface area contributed by atoms with E-state index >= 15 is 0 Å². The van der Waals surface area contributed by atoms with Crippen LogP contribution in [0, 0.1) is 6.92 Å². The van der Waals surface area contributed by atoms with Crippen molar-refractivity contribution in [2.24, 2.45) is 0 Å². The minimum Gasteiger partial charge on any atom is -0.490 e. The van der Waals surface area contributed by atoms with Crippen LogP contribution in [0.4, 0.5) is 9.59 Å². The van der Waals surface area contributed by atoms with Crippen molar-refractivity contribution < 1.29 is 34.1 Å². The van der Waals surface area contributed by atoms with Gasteiger partial charge in [0.05, 0.1) is 12.1 Å². The number of benzene rings is 3. The molecular weight excluding hydrogens is 666 g/mol. The Morgan fingerprint density at radius 1 is 0.851 bits per heavy atom. The topological polar surface area (TPSA) is 120 Å². The fourth-order valence-corrected chi connectivity index (χ4v) is 6.76. The van der Waals surface area contributed by atoms with Crippen molar-refractivity contribution in [3.63, 3.8) is 0 Å². The van der Waals surface area contributed by atoms with Crippen molar-refractivity contribution >= 4 is 39.6 Å². The van der Waals surface area contributed by atoms with E-state index in [4.69, 9.17) is 9.47 Å². The van der Waals surface area contributed by atoms with E-state index < -0.39 is 24.3 Å². The molecular formula is C36H38BrN3O7. The molecule has 2 heterocycles. The summed E-state index contributed by atoms with van der Waals surface area (Å²) in [6.45, 7) is 3.17. The first-order chi connectivity index (χ1) is 22.7. The predicted octanol–water partition coefficient (Wildman–Crippen LogP) is 6.32. The van der Waals surface area contributed by atoms with Crippen LogP contribution < -0.4 is 9.47 Å². The molecule has 246 valence electrons. The minimum absolute atomic E-state index is 0.0441. The quantitative estimate of drug-likeness (QED) is 0.225. The maximum absolute atomic E-state index is 14.6. The minimum atomic E-state index is -1.15. The number of hydrogen-bond donors (Lipinski definition) is 2. The molecule has 2 bridgehead atoms. The van der Waals surface area contributed by atoms with Crippen LogP contribution in [0.3, 0.4) is 0 Å². The molecule has 1 aliphatic carbocycles. The number of hydrogen-bond acceptors (Lipinski definition) is 5. The molecule has 1 saturated carbocycles. The van der Waals surface area contributed by atoms with E-state index in [-0.39, 0.29) is 31.5 Å². The molecule has 3 amide bonds. The molecule has 6 rings (SSSR count). The van der Waals surface area contributed by atoms with Gasteiger partial charge in [-0.3, -0.25) is 9.69 Å². The van der Waals surface area contributed by atoms with Gasteiger partial charge < -0.3 is 29.5 Å². The third-order valence-corrected chi connectivity index (χ3v) is 9.55. The van der Waals surface area contributed by atoms with Crippen LogP contribution >= 0.6 is 15.9 Å². The molecule has 2 aliphatic heterocycles. The number of ether oxygens (including phenoxy) is 2. The van der Waals surface area contributed by atoms with Crippen LogP contribution in [0.1, 0.15) is 36.0 Å². The number of halogens is 1. The first kappa shape index (κ1) is 32.4. The highest BCUT2D eigenvalue weighted by atomic mass is 79.9. The monoisotopic (exact) mass is 703 g/mol. The highest BCUT2D eigenvalue weighted by Crippen LogP contribution is 2.41. The number of piperazine rings is 1. The number of nitrogens with zero attached hydrogens (tertiary/aromatic N) is 3. The first-order valence-corrected chi connectivity index (χ1v) is 16.7. The third-order valence-electron chi connectivity index (χ3n) is 9.02. The van der Waals surface area contributed by atoms with Crippen LogP contribution in [0.2, 0.25) is 0 Å². The highest BCUT2D eigenvalue weighted by molar-refractivity contribution is 9.10. The van der Waals surface area contributed by atoms with Crippen LogP contribution in [0.5, 0.6) is 11.5 Å². The van der Waals surface area contributed by atoms with Crippen LogP contribution in [0.25, 0.3) is 5.57 Å². The lowest BCUT2D eigenvalue weighted by Crippen LogP contribution is -2.65. The Kier molecular flexibility index (Phi) is 9.72. The van der Waals surface area contributed by atoms with Crippen molar-refractivity contribution in [3.05, 3.63) is 99.5 Å². The first-order valence-electron chi connectivity index (χ1n) is 15.9. The fraction of sp³-hybridized carbons (Fsp3) is 0.361. The highest BCUT2D eigenvalue weighted by Gasteiger charge is 2.49. The van der Waals surface area contributed by atoms with E-state index in [1.807, 2.05) is 60.4 Å². The lowest BCUT2D eigenvalue weighted by Gasteiger charge is -2.49. The molecule has 3 aliphatic rings. The van der Waals surface area contributed by atoms with Gasteiger partial charge in [0.2, 0.25) is 0 Å². The molecule has 10 nitrogen and oxygen atoms in total. The Morgan fingerprint density at radius 2 is 1.47 bits per heavy atom. The average molecular weight is 705 g/mol. The number of rotatable bonds is 11. The molecule has 0 unspecified atom stereocenters. The molecule has 2 fully saturated rings. The zero-order valence-corrected chi connectivity index (χ0v) is 27.8. The van der Waals surface area contributed by atoms with Crippen LogP contribution in [0.15, 0.2) is 82.8 Å². The average Bonchev–Trinajstić information content (AvgIpc) is 3.90. The number of aryl methyl sites for hydroxylation is 1. The van der Waals surface area contributed by atoms with Crippen molar-refractivity contribution in [1.82, 2.24) is 14.7 Å². The Bertz CT molecular complexity index is 1640. The number of amides is 3. The smallest absolute Gasteiger partial charge is 0.408 e. The Labute approximate surface area is 282 Å². The number of carbonyl (C=O) groups excluding carboxylic acids is 1. The second kappa shape index (κ2) is 14.1. The molecule has 2 atom stereocenters. The molecule has 0 aromatic heterocycles. The van der Waals surface area contributed by atoms with Gasteiger partial charge in [0, 0.05) is 35.7 Å². The fourth-order valence-electron chi connectivity index (χ4n) is 6.50. The Hall–Kier alpha value is -4.51. The standard InChI is InChI=1S/C36H38BrN3O7/c1-23-2-4-24(5-3-23)16-17-39(27-10-11-27)34(41)33-31(20-28-21-38(35(42)43)22-32(33)40(28)36(44)45)25-6-12-29(13-7-25)46-18-19-47-30-14-8-26(37)9-15-30/h2-9,12-15,27-28,32H,10-11,16-22H2,1H3,(H,42,43)(H,44,45)/t28-,32-/m1/s1. The van der Waals surface area contributed by atoms with Gasteiger partial charge in [-0.1, -0.05) is 57.9 Å². The van der Waals surface area contributed by atoms with Gasteiger partial charge in [0.25, 0.3) is 5.91 Å². The molecule has 1 saturated heterocycles. The van der Waals surface area contributed by atoms with E-state index in [9.17, 15) is 24.6 Å². The van der Waals surface area contributed by atoms with E-state index in [0.29, 0.717) is 37.5 Å². The molecule has 0 spiro atoms. The summed E-state index contributed by atoms with van der Waals surface area (Å²) in [5.74, 6) is 1.16. The predicted molar refractivity (Wildman–Crippen MR) is 180 cm³/mol. The molecule has 2 N–H and O–H groups in total. The summed E-state index contributed by atoms with van der Waals surface area (Å²) < 4.78 is 12.6. The molecule has 0 radical (unpaired) electrons. The number of fused-ring (bicyclic) bond motifs is 2. The molecule has 3 aromatic rings. The van der Waals surface area contributed by atoms with Crippen molar-refractivity contribution in [2.45, 2.75) is 50.7 Å². The molecule has 11 heteroatoms. The van der Waals surface area contributed by atoms with Gasteiger partial charge in [-0.05, 0) is 85.7 Å². The summed E-state index contributed by atoms with van der Waals surface area (Å²) in [6.07, 6.45) is 0.393. The lowest BCUT2D eigenvalue weighted by molar-refractivity contribution is -0.128. The normalized spacial score (nSPS) is 18.9. The van der Waals surface area contributed by atoms with Crippen LogP contribution in [-0.4, -0.2) is 94.0 Å². The van der Waals surface area contributed by atoms with Gasteiger partial charge in [-0.15, -0.1) is 0 Å².